The highest BCUT2D eigenvalue weighted by Gasteiger charge is 2.26. The van der Waals surface area contributed by atoms with Crippen LogP contribution in [0, 0.1) is 6.92 Å². The number of rotatable bonds is 7. The van der Waals surface area contributed by atoms with Crippen LogP contribution in [-0.2, 0) is 11.3 Å². The first-order valence-electron chi connectivity index (χ1n) is 9.41. The van der Waals surface area contributed by atoms with Gasteiger partial charge in [0.25, 0.3) is 0 Å². The number of nitrogens with one attached hydrogen (secondary N) is 1. The van der Waals surface area contributed by atoms with Gasteiger partial charge in [-0.1, -0.05) is 5.16 Å². The van der Waals surface area contributed by atoms with E-state index in [4.69, 9.17) is 14.0 Å². The summed E-state index contributed by atoms with van der Waals surface area (Å²) in [6.45, 7) is 8.00. The van der Waals surface area contributed by atoms with Crippen molar-refractivity contribution in [1.29, 1.82) is 0 Å². The summed E-state index contributed by atoms with van der Waals surface area (Å²) < 4.78 is 15.7. The van der Waals surface area contributed by atoms with Gasteiger partial charge in [-0.2, -0.15) is 0 Å². The van der Waals surface area contributed by atoms with Crippen molar-refractivity contribution < 1.29 is 18.8 Å². The molecule has 0 aliphatic carbocycles. The Morgan fingerprint density at radius 3 is 2.57 bits per heavy atom. The molecule has 0 bridgehead atoms. The molecule has 1 saturated heterocycles. The van der Waals surface area contributed by atoms with E-state index in [1.165, 1.54) is 0 Å². The molecule has 1 aromatic carbocycles. The Kier molecular flexibility index (Phi) is 6.53. The molecule has 1 aromatic heterocycles. The molecule has 0 radical (unpaired) electrons. The average Bonchev–Trinajstić information content (AvgIpc) is 3.12. The number of hydrogen-bond donors (Lipinski definition) is 1. The lowest BCUT2D eigenvalue weighted by Gasteiger charge is -2.37. The second kappa shape index (κ2) is 9.07. The number of hydrogen-bond acceptors (Lipinski definition) is 7. The third-order valence-corrected chi connectivity index (χ3v) is 5.06. The zero-order valence-electron chi connectivity index (χ0n) is 16.9. The van der Waals surface area contributed by atoms with Crippen LogP contribution in [0.2, 0.25) is 0 Å². The van der Waals surface area contributed by atoms with Crippen LogP contribution in [-0.4, -0.2) is 67.3 Å². The number of methoxy groups -OCH3 is 2. The molecule has 8 heteroatoms. The summed E-state index contributed by atoms with van der Waals surface area (Å²) in [7, 11) is 3.17. The Bertz CT molecular complexity index is 799. The first-order valence-corrected chi connectivity index (χ1v) is 9.41. The molecule has 0 saturated carbocycles. The fourth-order valence-electron chi connectivity index (χ4n) is 3.35. The number of carbonyl (C=O) groups excluding carboxylic acids is 1. The molecule has 1 fully saturated rings. The molecule has 152 valence electrons. The smallest absolute Gasteiger partial charge is 0.241 e. The maximum absolute atomic E-state index is 12.8. The van der Waals surface area contributed by atoms with Crippen LogP contribution in [0.3, 0.4) is 0 Å². The number of benzene rings is 1. The number of nitrogens with zero attached hydrogens (tertiary/aromatic N) is 3. The fourth-order valence-corrected chi connectivity index (χ4v) is 3.35. The molecular weight excluding hydrogens is 360 g/mol. The van der Waals surface area contributed by atoms with Gasteiger partial charge in [0.1, 0.15) is 17.3 Å². The number of aryl methyl sites for hydroxylation is 1. The topological polar surface area (TPSA) is 80.1 Å². The van der Waals surface area contributed by atoms with E-state index in [-0.39, 0.29) is 11.9 Å². The van der Waals surface area contributed by atoms with E-state index in [0.29, 0.717) is 17.2 Å². The lowest BCUT2D eigenvalue weighted by Crippen LogP contribution is -2.52. The van der Waals surface area contributed by atoms with Gasteiger partial charge in [0.15, 0.2) is 0 Å². The summed E-state index contributed by atoms with van der Waals surface area (Å²) in [6, 6.07) is 7.06. The zero-order chi connectivity index (χ0) is 20.1. The van der Waals surface area contributed by atoms with Crippen molar-refractivity contribution in [3.63, 3.8) is 0 Å². The van der Waals surface area contributed by atoms with Crippen LogP contribution in [0.4, 0.5) is 5.69 Å². The van der Waals surface area contributed by atoms with Crippen molar-refractivity contribution in [3.05, 3.63) is 35.7 Å². The highest BCUT2D eigenvalue weighted by Crippen LogP contribution is 2.29. The molecule has 1 N–H and O–H groups in total. The number of amides is 1. The molecule has 1 atom stereocenters. The van der Waals surface area contributed by atoms with Crippen LogP contribution in [0.5, 0.6) is 11.5 Å². The van der Waals surface area contributed by atoms with Crippen molar-refractivity contribution >= 4 is 11.6 Å². The van der Waals surface area contributed by atoms with E-state index >= 15 is 0 Å². The first-order chi connectivity index (χ1) is 13.5. The van der Waals surface area contributed by atoms with Gasteiger partial charge in [0.2, 0.25) is 5.91 Å². The van der Waals surface area contributed by atoms with Gasteiger partial charge in [-0.05, 0) is 26.0 Å². The van der Waals surface area contributed by atoms with Crippen molar-refractivity contribution in [3.8, 4) is 11.5 Å². The van der Waals surface area contributed by atoms with Gasteiger partial charge in [-0.15, -0.1) is 0 Å². The highest BCUT2D eigenvalue weighted by molar-refractivity contribution is 5.96. The maximum atomic E-state index is 12.8. The molecule has 2 heterocycles. The van der Waals surface area contributed by atoms with E-state index in [2.05, 4.69) is 20.3 Å². The Labute approximate surface area is 165 Å². The van der Waals surface area contributed by atoms with Gasteiger partial charge >= 0.3 is 0 Å². The minimum atomic E-state index is -0.243. The van der Waals surface area contributed by atoms with Crippen molar-refractivity contribution in [2.75, 3.05) is 45.7 Å². The van der Waals surface area contributed by atoms with Crippen LogP contribution in [0.25, 0.3) is 0 Å². The normalized spacial score (nSPS) is 16.6. The van der Waals surface area contributed by atoms with Crippen molar-refractivity contribution in [2.24, 2.45) is 0 Å². The molecular formula is C20H28N4O4. The molecule has 3 rings (SSSR count). The molecule has 1 aliphatic rings. The summed E-state index contributed by atoms with van der Waals surface area (Å²) >= 11 is 0. The van der Waals surface area contributed by atoms with Gasteiger partial charge in [0.05, 0.1) is 31.6 Å². The van der Waals surface area contributed by atoms with Crippen molar-refractivity contribution in [1.82, 2.24) is 15.0 Å². The van der Waals surface area contributed by atoms with E-state index in [1.54, 1.807) is 32.4 Å². The quantitative estimate of drug-likeness (QED) is 0.778. The SMILES string of the molecule is COc1ccc(OC)c(NC(=O)C(C)N2CCN(Cc3cc(C)on3)CC2)c1. The lowest BCUT2D eigenvalue weighted by molar-refractivity contribution is -0.121. The number of piperazine rings is 1. The minimum Gasteiger partial charge on any atom is -0.497 e. The summed E-state index contributed by atoms with van der Waals surface area (Å²) in [6.07, 6.45) is 0. The number of anilines is 1. The fraction of sp³-hybridized carbons (Fsp3) is 0.500. The molecule has 1 amide bonds. The number of carbonyl (C=O) groups is 1. The first kappa shape index (κ1) is 20.2. The van der Waals surface area contributed by atoms with Gasteiger partial charge in [-0.25, -0.2) is 0 Å². The maximum Gasteiger partial charge on any atom is 0.241 e. The molecule has 1 aliphatic heterocycles. The largest absolute Gasteiger partial charge is 0.497 e. The van der Waals surface area contributed by atoms with Gasteiger partial charge < -0.3 is 19.3 Å². The monoisotopic (exact) mass is 388 g/mol. The molecule has 28 heavy (non-hydrogen) atoms. The zero-order valence-corrected chi connectivity index (χ0v) is 16.9. The molecule has 8 nitrogen and oxygen atoms in total. The van der Waals surface area contributed by atoms with Crippen LogP contribution < -0.4 is 14.8 Å². The second-order valence-corrected chi connectivity index (χ2v) is 6.97. The average molecular weight is 388 g/mol. The lowest BCUT2D eigenvalue weighted by atomic mass is 10.2. The van der Waals surface area contributed by atoms with Gasteiger partial charge in [-0.3, -0.25) is 14.6 Å². The highest BCUT2D eigenvalue weighted by atomic mass is 16.5. The Morgan fingerprint density at radius 1 is 1.21 bits per heavy atom. The minimum absolute atomic E-state index is 0.0628. The summed E-state index contributed by atoms with van der Waals surface area (Å²) in [5.74, 6) is 2.04. The standard InChI is InChI=1S/C20H28N4O4/c1-14-11-16(22-28-14)13-23-7-9-24(10-8-23)15(2)20(25)21-18-12-17(26-3)5-6-19(18)27-4/h5-6,11-12,15H,7-10,13H2,1-4H3,(H,21,25). The third-order valence-electron chi connectivity index (χ3n) is 5.06. The van der Waals surface area contributed by atoms with Crippen LogP contribution >= 0.6 is 0 Å². The van der Waals surface area contributed by atoms with Gasteiger partial charge in [0, 0.05) is 44.9 Å². The number of aromatic nitrogens is 1. The van der Waals surface area contributed by atoms with E-state index in [1.807, 2.05) is 19.9 Å². The van der Waals surface area contributed by atoms with E-state index < -0.39 is 0 Å². The Hall–Kier alpha value is -2.58. The van der Waals surface area contributed by atoms with Crippen LogP contribution in [0.1, 0.15) is 18.4 Å². The second-order valence-electron chi connectivity index (χ2n) is 6.97. The van der Waals surface area contributed by atoms with E-state index in [0.717, 1.165) is 44.2 Å². The van der Waals surface area contributed by atoms with E-state index in [9.17, 15) is 4.79 Å². The van der Waals surface area contributed by atoms with Crippen LogP contribution in [0.15, 0.2) is 28.8 Å². The summed E-state index contributed by atoms with van der Waals surface area (Å²) in [5, 5.41) is 7.02. The molecule has 0 spiro atoms. The Morgan fingerprint density at radius 2 is 1.96 bits per heavy atom. The predicted molar refractivity (Wildman–Crippen MR) is 106 cm³/mol. The summed E-state index contributed by atoms with van der Waals surface area (Å²) in [5.41, 5.74) is 1.56. The predicted octanol–water partition coefficient (Wildman–Crippen LogP) is 2.15. The van der Waals surface area contributed by atoms with Crippen molar-refractivity contribution in [2.45, 2.75) is 26.4 Å². The Balaban J connectivity index is 1.54. The molecule has 2 aromatic rings. The summed E-state index contributed by atoms with van der Waals surface area (Å²) in [4.78, 5) is 17.3. The number of ether oxygens (including phenoxy) is 2. The molecule has 1 unspecified atom stereocenters. The third kappa shape index (κ3) is 4.82.